The normalized spacial score (nSPS) is 10.3. The zero-order chi connectivity index (χ0) is 17.2. The first-order valence-corrected chi connectivity index (χ1v) is 8.45. The molecule has 0 aromatic heterocycles. The molecule has 0 aliphatic rings. The van der Waals surface area contributed by atoms with Crippen LogP contribution in [0.5, 0.6) is 17.2 Å². The molecule has 0 atom stereocenters. The summed E-state index contributed by atoms with van der Waals surface area (Å²) in [4.78, 5) is 0. The van der Waals surface area contributed by atoms with Gasteiger partial charge in [-0.1, -0.05) is 38.0 Å². The van der Waals surface area contributed by atoms with Crippen molar-refractivity contribution in [2.24, 2.45) is 0 Å². The van der Waals surface area contributed by atoms with Crippen molar-refractivity contribution >= 4 is 5.69 Å². The van der Waals surface area contributed by atoms with Crippen molar-refractivity contribution in [3.05, 3.63) is 48.0 Å². The van der Waals surface area contributed by atoms with Gasteiger partial charge in [-0.25, -0.2) is 0 Å². The summed E-state index contributed by atoms with van der Waals surface area (Å²) in [6.45, 7) is 3.61. The van der Waals surface area contributed by atoms with Crippen molar-refractivity contribution in [3.63, 3.8) is 0 Å². The molecule has 0 saturated carbocycles. The number of ether oxygens (including phenoxy) is 3. The Kier molecular flexibility index (Phi) is 7.27. The Balaban J connectivity index is 2.04. The highest BCUT2D eigenvalue weighted by molar-refractivity contribution is 5.60. The number of rotatable bonds is 10. The third-order valence-electron chi connectivity index (χ3n) is 3.85. The van der Waals surface area contributed by atoms with Crippen LogP contribution in [-0.2, 0) is 6.54 Å². The fourth-order valence-electron chi connectivity index (χ4n) is 2.47. The molecule has 0 amide bonds. The molecular formula is C20H27NO3. The number of methoxy groups -OCH3 is 2. The van der Waals surface area contributed by atoms with Gasteiger partial charge in [0.25, 0.3) is 0 Å². The number of nitrogens with one attached hydrogen (secondary N) is 1. The molecule has 0 aliphatic heterocycles. The second-order valence-electron chi connectivity index (χ2n) is 5.58. The number of hydrogen-bond acceptors (Lipinski definition) is 4. The summed E-state index contributed by atoms with van der Waals surface area (Å²) < 4.78 is 16.6. The highest BCUT2D eigenvalue weighted by atomic mass is 16.5. The lowest BCUT2D eigenvalue weighted by Gasteiger charge is -2.15. The molecule has 1 N–H and O–H groups in total. The Morgan fingerprint density at radius 3 is 2.50 bits per heavy atom. The van der Waals surface area contributed by atoms with Crippen LogP contribution < -0.4 is 19.5 Å². The lowest BCUT2D eigenvalue weighted by Crippen LogP contribution is -2.05. The van der Waals surface area contributed by atoms with E-state index in [1.807, 2.05) is 36.4 Å². The summed E-state index contributed by atoms with van der Waals surface area (Å²) in [5.74, 6) is 2.52. The number of para-hydroxylation sites is 1. The zero-order valence-electron chi connectivity index (χ0n) is 14.8. The van der Waals surface area contributed by atoms with Gasteiger partial charge in [0.05, 0.1) is 26.5 Å². The van der Waals surface area contributed by atoms with Gasteiger partial charge in [0.1, 0.15) is 17.2 Å². The van der Waals surface area contributed by atoms with E-state index < -0.39 is 0 Å². The van der Waals surface area contributed by atoms with Gasteiger partial charge in [-0.2, -0.15) is 0 Å². The maximum atomic E-state index is 5.93. The van der Waals surface area contributed by atoms with Crippen LogP contribution in [0.25, 0.3) is 0 Å². The fourth-order valence-corrected chi connectivity index (χ4v) is 2.47. The highest BCUT2D eigenvalue weighted by Gasteiger charge is 2.07. The number of unbranched alkanes of at least 4 members (excludes halogenated alkanes) is 2. The van der Waals surface area contributed by atoms with Crippen LogP contribution in [-0.4, -0.2) is 20.8 Å². The summed E-state index contributed by atoms with van der Waals surface area (Å²) in [6, 6.07) is 13.8. The maximum Gasteiger partial charge on any atom is 0.142 e. The second kappa shape index (κ2) is 9.71. The van der Waals surface area contributed by atoms with E-state index in [9.17, 15) is 0 Å². The third kappa shape index (κ3) is 5.08. The Bertz CT molecular complexity index is 628. The number of benzene rings is 2. The Labute approximate surface area is 144 Å². The zero-order valence-corrected chi connectivity index (χ0v) is 14.8. The molecule has 2 aromatic carbocycles. The third-order valence-corrected chi connectivity index (χ3v) is 3.85. The molecule has 0 spiro atoms. The quantitative estimate of drug-likeness (QED) is 0.630. The largest absolute Gasteiger partial charge is 0.497 e. The van der Waals surface area contributed by atoms with Crippen LogP contribution in [0.4, 0.5) is 5.69 Å². The molecule has 2 aromatic rings. The van der Waals surface area contributed by atoms with Crippen LogP contribution in [0, 0.1) is 0 Å². The van der Waals surface area contributed by atoms with Gasteiger partial charge >= 0.3 is 0 Å². The summed E-state index contributed by atoms with van der Waals surface area (Å²) >= 11 is 0. The Morgan fingerprint density at radius 1 is 0.917 bits per heavy atom. The Hall–Kier alpha value is -2.36. The van der Waals surface area contributed by atoms with Crippen molar-refractivity contribution in [1.82, 2.24) is 0 Å². The SMILES string of the molecule is CCCCCOc1ccccc1CNc1cc(OC)ccc1OC. The summed E-state index contributed by atoms with van der Waals surface area (Å²) in [5, 5.41) is 3.41. The molecule has 4 nitrogen and oxygen atoms in total. The van der Waals surface area contributed by atoms with E-state index in [0.717, 1.165) is 41.5 Å². The van der Waals surface area contributed by atoms with E-state index in [-0.39, 0.29) is 0 Å². The minimum absolute atomic E-state index is 0.660. The molecule has 0 unspecified atom stereocenters. The van der Waals surface area contributed by atoms with E-state index in [1.165, 1.54) is 12.8 Å². The van der Waals surface area contributed by atoms with Gasteiger partial charge in [-0.05, 0) is 24.6 Å². The molecule has 0 saturated heterocycles. The van der Waals surface area contributed by atoms with E-state index >= 15 is 0 Å². The average molecular weight is 329 g/mol. The van der Waals surface area contributed by atoms with Crippen molar-refractivity contribution in [1.29, 1.82) is 0 Å². The van der Waals surface area contributed by atoms with Gasteiger partial charge in [-0.15, -0.1) is 0 Å². The van der Waals surface area contributed by atoms with E-state index in [2.05, 4.69) is 18.3 Å². The molecule has 4 heteroatoms. The summed E-state index contributed by atoms with van der Waals surface area (Å²) in [5.41, 5.74) is 2.02. The number of hydrogen-bond donors (Lipinski definition) is 1. The van der Waals surface area contributed by atoms with Crippen LogP contribution in [0.3, 0.4) is 0 Å². The van der Waals surface area contributed by atoms with Crippen molar-refractivity contribution in [3.8, 4) is 17.2 Å². The van der Waals surface area contributed by atoms with Gasteiger partial charge < -0.3 is 19.5 Å². The lowest BCUT2D eigenvalue weighted by atomic mass is 10.2. The van der Waals surface area contributed by atoms with Crippen LogP contribution in [0.15, 0.2) is 42.5 Å². The van der Waals surface area contributed by atoms with Crippen LogP contribution in [0.2, 0.25) is 0 Å². The minimum Gasteiger partial charge on any atom is -0.497 e. The Morgan fingerprint density at radius 2 is 1.75 bits per heavy atom. The fraction of sp³-hybridized carbons (Fsp3) is 0.400. The lowest BCUT2D eigenvalue weighted by molar-refractivity contribution is 0.303. The molecule has 0 aliphatic carbocycles. The monoisotopic (exact) mass is 329 g/mol. The van der Waals surface area contributed by atoms with Crippen molar-refractivity contribution in [2.45, 2.75) is 32.7 Å². The van der Waals surface area contributed by atoms with Gasteiger partial charge in [0, 0.05) is 18.2 Å². The molecule has 0 fully saturated rings. The van der Waals surface area contributed by atoms with Crippen molar-refractivity contribution in [2.75, 3.05) is 26.1 Å². The van der Waals surface area contributed by atoms with Gasteiger partial charge in [0.15, 0.2) is 0 Å². The predicted octanol–water partition coefficient (Wildman–Crippen LogP) is 4.88. The minimum atomic E-state index is 0.660. The highest BCUT2D eigenvalue weighted by Crippen LogP contribution is 2.30. The molecule has 130 valence electrons. The molecular weight excluding hydrogens is 302 g/mol. The standard InChI is InChI=1S/C20H27NO3/c1-4-5-8-13-24-19-10-7-6-9-16(19)15-21-18-14-17(22-2)11-12-20(18)23-3/h6-7,9-12,14,21H,4-5,8,13,15H2,1-3H3. The predicted molar refractivity (Wildman–Crippen MR) is 98.3 cm³/mol. The smallest absolute Gasteiger partial charge is 0.142 e. The molecule has 2 rings (SSSR count). The maximum absolute atomic E-state index is 5.93. The first-order valence-electron chi connectivity index (χ1n) is 8.45. The summed E-state index contributed by atoms with van der Waals surface area (Å²) in [7, 11) is 3.32. The van der Waals surface area contributed by atoms with Gasteiger partial charge in [-0.3, -0.25) is 0 Å². The molecule has 0 radical (unpaired) electrons. The molecule has 0 heterocycles. The van der Waals surface area contributed by atoms with E-state index in [0.29, 0.717) is 6.54 Å². The average Bonchev–Trinajstić information content (AvgIpc) is 2.64. The van der Waals surface area contributed by atoms with E-state index in [4.69, 9.17) is 14.2 Å². The van der Waals surface area contributed by atoms with Gasteiger partial charge in [0.2, 0.25) is 0 Å². The first kappa shape index (κ1) is 18.0. The second-order valence-corrected chi connectivity index (χ2v) is 5.58. The first-order chi connectivity index (χ1) is 11.8. The topological polar surface area (TPSA) is 39.7 Å². The summed E-state index contributed by atoms with van der Waals surface area (Å²) in [6.07, 6.45) is 3.48. The molecule has 24 heavy (non-hydrogen) atoms. The van der Waals surface area contributed by atoms with Crippen molar-refractivity contribution < 1.29 is 14.2 Å². The molecule has 0 bridgehead atoms. The van der Waals surface area contributed by atoms with E-state index in [1.54, 1.807) is 14.2 Å². The van der Waals surface area contributed by atoms with Crippen LogP contribution >= 0.6 is 0 Å². The number of anilines is 1. The van der Waals surface area contributed by atoms with Crippen LogP contribution in [0.1, 0.15) is 31.7 Å².